The van der Waals surface area contributed by atoms with Crippen molar-refractivity contribution in [3.8, 4) is 0 Å². The molecule has 2 aliphatic rings. The number of primary amides is 1. The third kappa shape index (κ3) is 6.13. The zero-order valence-electron chi connectivity index (χ0n) is 17.3. The molecule has 1 aliphatic heterocycles. The first-order chi connectivity index (χ1) is 14.8. The SMILES string of the molecule is NC(=O)[C@@H](Cc1ccccc1)NC(=O)C1=C[C@@H](NC(=O)C2CCNCC2)[C@@H](O)[C@H](O)C1. The summed E-state index contributed by atoms with van der Waals surface area (Å²) in [6.45, 7) is 1.49. The van der Waals surface area contributed by atoms with Crippen molar-refractivity contribution in [3.05, 3.63) is 47.5 Å². The Bertz CT molecular complexity index is 822. The van der Waals surface area contributed by atoms with Gasteiger partial charge in [-0.15, -0.1) is 0 Å². The minimum atomic E-state index is -1.22. The second-order valence-corrected chi connectivity index (χ2v) is 8.13. The fourth-order valence-electron chi connectivity index (χ4n) is 3.95. The molecule has 4 atom stereocenters. The quantitative estimate of drug-likeness (QED) is 0.317. The molecule has 1 aliphatic carbocycles. The molecule has 9 nitrogen and oxygen atoms in total. The van der Waals surface area contributed by atoms with Crippen LogP contribution in [-0.2, 0) is 20.8 Å². The van der Waals surface area contributed by atoms with Gasteiger partial charge in [-0.2, -0.15) is 0 Å². The van der Waals surface area contributed by atoms with E-state index in [4.69, 9.17) is 5.73 Å². The molecular formula is C22H30N4O5. The maximum Gasteiger partial charge on any atom is 0.247 e. The molecule has 1 aromatic rings. The van der Waals surface area contributed by atoms with Gasteiger partial charge in [-0.05, 0) is 31.5 Å². The van der Waals surface area contributed by atoms with E-state index in [2.05, 4.69) is 16.0 Å². The Hall–Kier alpha value is -2.75. The number of carbonyl (C=O) groups excluding carboxylic acids is 3. The lowest BCUT2D eigenvalue weighted by molar-refractivity contribution is -0.128. The van der Waals surface area contributed by atoms with Gasteiger partial charge in [-0.1, -0.05) is 36.4 Å². The lowest BCUT2D eigenvalue weighted by Gasteiger charge is -2.33. The van der Waals surface area contributed by atoms with Gasteiger partial charge in [0, 0.05) is 24.3 Å². The summed E-state index contributed by atoms with van der Waals surface area (Å²) in [5.74, 6) is -1.63. The number of amides is 3. The minimum absolute atomic E-state index is 0.0937. The van der Waals surface area contributed by atoms with Crippen molar-refractivity contribution in [1.82, 2.24) is 16.0 Å². The number of aliphatic hydroxyl groups excluding tert-OH is 2. The van der Waals surface area contributed by atoms with E-state index < -0.39 is 36.1 Å². The van der Waals surface area contributed by atoms with Gasteiger partial charge in [0.2, 0.25) is 17.7 Å². The Morgan fingerprint density at radius 3 is 2.45 bits per heavy atom. The van der Waals surface area contributed by atoms with Gasteiger partial charge in [0.05, 0.1) is 12.1 Å². The molecule has 31 heavy (non-hydrogen) atoms. The van der Waals surface area contributed by atoms with Crippen LogP contribution in [0.3, 0.4) is 0 Å². The maximum atomic E-state index is 12.8. The van der Waals surface area contributed by atoms with Crippen molar-refractivity contribution in [2.45, 2.75) is 50.0 Å². The van der Waals surface area contributed by atoms with Crippen molar-refractivity contribution >= 4 is 17.7 Å². The second-order valence-electron chi connectivity index (χ2n) is 8.13. The largest absolute Gasteiger partial charge is 0.390 e. The van der Waals surface area contributed by atoms with Crippen LogP contribution in [0.25, 0.3) is 0 Å². The number of nitrogens with one attached hydrogen (secondary N) is 3. The molecular weight excluding hydrogens is 400 g/mol. The molecule has 1 fully saturated rings. The highest BCUT2D eigenvalue weighted by Gasteiger charge is 2.35. The Labute approximate surface area is 181 Å². The highest BCUT2D eigenvalue weighted by Crippen LogP contribution is 2.21. The minimum Gasteiger partial charge on any atom is -0.390 e. The van der Waals surface area contributed by atoms with Gasteiger partial charge in [-0.25, -0.2) is 0 Å². The van der Waals surface area contributed by atoms with Gasteiger partial charge < -0.3 is 31.9 Å². The van der Waals surface area contributed by atoms with Crippen LogP contribution in [0.1, 0.15) is 24.8 Å². The van der Waals surface area contributed by atoms with E-state index in [0.29, 0.717) is 12.8 Å². The molecule has 1 aromatic carbocycles. The van der Waals surface area contributed by atoms with Crippen LogP contribution in [0, 0.1) is 5.92 Å². The van der Waals surface area contributed by atoms with E-state index >= 15 is 0 Å². The smallest absolute Gasteiger partial charge is 0.247 e. The zero-order chi connectivity index (χ0) is 22.4. The molecule has 168 valence electrons. The van der Waals surface area contributed by atoms with Crippen molar-refractivity contribution in [3.63, 3.8) is 0 Å². The van der Waals surface area contributed by atoms with E-state index in [1.54, 1.807) is 0 Å². The molecule has 9 heteroatoms. The summed E-state index contributed by atoms with van der Waals surface area (Å²) in [7, 11) is 0. The first-order valence-electron chi connectivity index (χ1n) is 10.6. The van der Waals surface area contributed by atoms with Crippen LogP contribution in [-0.4, -0.2) is 65.3 Å². The van der Waals surface area contributed by atoms with Gasteiger partial charge in [0.1, 0.15) is 12.1 Å². The van der Waals surface area contributed by atoms with Gasteiger partial charge >= 0.3 is 0 Å². The highest BCUT2D eigenvalue weighted by atomic mass is 16.3. The topological polar surface area (TPSA) is 154 Å². The fraction of sp³-hybridized carbons (Fsp3) is 0.500. The average Bonchev–Trinajstić information content (AvgIpc) is 2.77. The summed E-state index contributed by atoms with van der Waals surface area (Å²) < 4.78 is 0. The summed E-state index contributed by atoms with van der Waals surface area (Å²) in [6.07, 6.45) is 0.525. The molecule has 1 saturated heterocycles. The zero-order valence-corrected chi connectivity index (χ0v) is 17.3. The van der Waals surface area contributed by atoms with E-state index in [9.17, 15) is 24.6 Å². The fourth-order valence-corrected chi connectivity index (χ4v) is 3.95. The Morgan fingerprint density at radius 1 is 1.13 bits per heavy atom. The van der Waals surface area contributed by atoms with Gasteiger partial charge in [0.15, 0.2) is 0 Å². The van der Waals surface area contributed by atoms with E-state index in [1.807, 2.05) is 30.3 Å². The van der Waals surface area contributed by atoms with E-state index in [0.717, 1.165) is 18.7 Å². The number of nitrogens with two attached hydrogens (primary N) is 1. The van der Waals surface area contributed by atoms with E-state index in [-0.39, 0.29) is 30.2 Å². The standard InChI is InChI=1S/C22H30N4O5/c23-20(29)17(10-13-4-2-1-3-5-13)26-22(31)15-11-16(19(28)18(27)12-15)25-21(30)14-6-8-24-9-7-14/h1-5,11,14,16-19,24,27-28H,6-10,12H2,(H2,23,29)(H,25,30)(H,26,31)/t16-,17-,18-,19-/m1/s1. The Kier molecular flexibility index (Phi) is 7.78. The normalized spacial score (nSPS) is 25.2. The molecule has 1 heterocycles. The van der Waals surface area contributed by atoms with E-state index in [1.165, 1.54) is 6.08 Å². The van der Waals surface area contributed by atoms with Crippen molar-refractivity contribution in [1.29, 1.82) is 0 Å². The van der Waals surface area contributed by atoms with Gasteiger partial charge in [-0.3, -0.25) is 14.4 Å². The third-order valence-electron chi connectivity index (χ3n) is 5.81. The molecule has 7 N–H and O–H groups in total. The molecule has 0 saturated carbocycles. The van der Waals surface area contributed by atoms with Gasteiger partial charge in [0.25, 0.3) is 0 Å². The number of benzene rings is 1. The number of carbonyl (C=O) groups is 3. The molecule has 0 radical (unpaired) electrons. The first-order valence-corrected chi connectivity index (χ1v) is 10.6. The van der Waals surface area contributed by atoms with Crippen LogP contribution in [0.4, 0.5) is 0 Å². The Balaban J connectivity index is 1.68. The maximum absolute atomic E-state index is 12.8. The van der Waals surface area contributed by atoms with Crippen LogP contribution in [0.2, 0.25) is 0 Å². The van der Waals surface area contributed by atoms with Crippen molar-refractivity contribution in [2.75, 3.05) is 13.1 Å². The van der Waals surface area contributed by atoms with Crippen molar-refractivity contribution < 1.29 is 24.6 Å². The average molecular weight is 431 g/mol. The molecule has 3 amide bonds. The van der Waals surface area contributed by atoms with Crippen LogP contribution in [0.5, 0.6) is 0 Å². The van der Waals surface area contributed by atoms with Crippen LogP contribution >= 0.6 is 0 Å². The number of hydrogen-bond acceptors (Lipinski definition) is 6. The number of rotatable bonds is 7. The summed E-state index contributed by atoms with van der Waals surface area (Å²) >= 11 is 0. The molecule has 0 spiro atoms. The summed E-state index contributed by atoms with van der Waals surface area (Å²) in [4.78, 5) is 37.2. The summed E-state index contributed by atoms with van der Waals surface area (Å²) in [5, 5.41) is 29.1. The van der Waals surface area contributed by atoms with Crippen LogP contribution < -0.4 is 21.7 Å². The summed E-state index contributed by atoms with van der Waals surface area (Å²) in [5.41, 5.74) is 6.49. The molecule has 0 unspecified atom stereocenters. The second kappa shape index (κ2) is 10.5. The first kappa shape index (κ1) is 22.9. The van der Waals surface area contributed by atoms with Crippen molar-refractivity contribution in [2.24, 2.45) is 11.7 Å². The number of aliphatic hydroxyl groups is 2. The lowest BCUT2D eigenvalue weighted by Crippen LogP contribution is -2.53. The predicted molar refractivity (Wildman–Crippen MR) is 114 cm³/mol. The third-order valence-corrected chi connectivity index (χ3v) is 5.81. The number of hydrogen-bond donors (Lipinski definition) is 6. The predicted octanol–water partition coefficient (Wildman–Crippen LogP) is -1.26. The number of piperidine rings is 1. The highest BCUT2D eigenvalue weighted by molar-refractivity contribution is 5.97. The molecule has 0 aromatic heterocycles. The summed E-state index contributed by atoms with van der Waals surface area (Å²) in [6, 6.07) is 7.33. The molecule has 0 bridgehead atoms. The molecule has 3 rings (SSSR count). The Morgan fingerprint density at radius 2 is 1.81 bits per heavy atom. The monoisotopic (exact) mass is 430 g/mol. The lowest BCUT2D eigenvalue weighted by atomic mass is 9.88. The van der Waals surface area contributed by atoms with Crippen LogP contribution in [0.15, 0.2) is 42.0 Å².